The summed E-state index contributed by atoms with van der Waals surface area (Å²) in [7, 11) is 0. The molecule has 0 spiro atoms. The van der Waals surface area contributed by atoms with Gasteiger partial charge in [-0.3, -0.25) is 9.59 Å². The first-order valence-electron chi connectivity index (χ1n) is 5.60. The van der Waals surface area contributed by atoms with E-state index in [1.54, 1.807) is 6.92 Å². The fourth-order valence-electron chi connectivity index (χ4n) is 1.86. The Morgan fingerprint density at radius 3 is 2.74 bits per heavy atom. The van der Waals surface area contributed by atoms with Crippen molar-refractivity contribution in [1.82, 2.24) is 15.1 Å². The van der Waals surface area contributed by atoms with E-state index in [2.05, 4.69) is 10.2 Å². The van der Waals surface area contributed by atoms with E-state index in [9.17, 15) is 14.4 Å². The van der Waals surface area contributed by atoms with Gasteiger partial charge in [-0.25, -0.2) is 9.89 Å². The largest absolute Gasteiger partial charge is 0.480 e. The number of carbonyl (C=O) groups is 2. The number of hydrogen-bond acceptors (Lipinski definition) is 5. The smallest absolute Gasteiger partial charge is 0.329 e. The van der Waals surface area contributed by atoms with Gasteiger partial charge in [0.05, 0.1) is 13.1 Å². The van der Waals surface area contributed by atoms with E-state index in [-0.39, 0.29) is 17.2 Å². The summed E-state index contributed by atoms with van der Waals surface area (Å²) in [6, 6.07) is 2.56. The summed E-state index contributed by atoms with van der Waals surface area (Å²) in [6.45, 7) is 1.93. The maximum atomic E-state index is 11.9. The number of aromatic amines is 1. The van der Waals surface area contributed by atoms with Crippen LogP contribution in [-0.4, -0.2) is 57.4 Å². The summed E-state index contributed by atoms with van der Waals surface area (Å²) in [5, 5.41) is 14.3. The number of carboxylic acids is 1. The lowest BCUT2D eigenvalue weighted by Crippen LogP contribution is -2.63. The third-order valence-electron chi connectivity index (χ3n) is 2.78. The molecule has 1 aliphatic rings. The maximum absolute atomic E-state index is 11.9. The number of hydrogen-bond donors (Lipinski definition) is 2. The number of rotatable bonds is 4. The highest BCUT2D eigenvalue weighted by Gasteiger charge is 2.43. The zero-order valence-electron chi connectivity index (χ0n) is 10.3. The zero-order valence-corrected chi connectivity index (χ0v) is 10.3. The van der Waals surface area contributed by atoms with Crippen molar-refractivity contribution in [2.45, 2.75) is 12.5 Å². The molecule has 0 aromatic carbocycles. The van der Waals surface area contributed by atoms with Gasteiger partial charge in [0.2, 0.25) is 0 Å². The Bertz CT molecular complexity index is 541. The minimum absolute atomic E-state index is 0.139. The predicted molar refractivity (Wildman–Crippen MR) is 62.8 cm³/mol. The first-order chi connectivity index (χ1) is 8.89. The van der Waals surface area contributed by atoms with Crippen LogP contribution in [-0.2, 0) is 9.53 Å². The molecule has 1 fully saturated rings. The molecule has 1 aromatic rings. The highest BCUT2D eigenvalue weighted by atomic mass is 16.5. The van der Waals surface area contributed by atoms with Crippen LogP contribution in [0.15, 0.2) is 16.9 Å². The van der Waals surface area contributed by atoms with Gasteiger partial charge in [-0.05, 0) is 13.0 Å². The molecule has 1 aromatic heterocycles. The topological polar surface area (TPSA) is 113 Å². The van der Waals surface area contributed by atoms with Gasteiger partial charge >= 0.3 is 5.97 Å². The molecule has 1 saturated heterocycles. The number of nitrogens with one attached hydrogen (secondary N) is 1. The lowest BCUT2D eigenvalue weighted by atomic mass is 9.96. The van der Waals surface area contributed by atoms with Gasteiger partial charge in [0.1, 0.15) is 17.9 Å². The number of carbonyl (C=O) groups excluding carboxylic acids is 1. The zero-order chi connectivity index (χ0) is 14.0. The molecule has 0 radical (unpaired) electrons. The van der Waals surface area contributed by atoms with E-state index >= 15 is 0 Å². The first-order valence-corrected chi connectivity index (χ1v) is 5.60. The van der Waals surface area contributed by atoms with Crippen LogP contribution in [0.4, 0.5) is 0 Å². The van der Waals surface area contributed by atoms with Crippen LogP contribution in [0.25, 0.3) is 0 Å². The van der Waals surface area contributed by atoms with Gasteiger partial charge < -0.3 is 14.7 Å². The molecule has 102 valence electrons. The van der Waals surface area contributed by atoms with Crippen LogP contribution in [0, 0.1) is 0 Å². The fourth-order valence-corrected chi connectivity index (χ4v) is 1.86. The lowest BCUT2D eigenvalue weighted by molar-refractivity contribution is -0.159. The summed E-state index contributed by atoms with van der Waals surface area (Å²) in [4.78, 5) is 34.6. The molecule has 1 aliphatic heterocycles. The van der Waals surface area contributed by atoms with E-state index in [1.807, 2.05) is 0 Å². The summed E-state index contributed by atoms with van der Waals surface area (Å²) in [5.41, 5.74) is -0.884. The van der Waals surface area contributed by atoms with Gasteiger partial charge in [-0.2, -0.15) is 5.10 Å². The van der Waals surface area contributed by atoms with Crippen molar-refractivity contribution in [1.29, 1.82) is 0 Å². The van der Waals surface area contributed by atoms with E-state index in [0.717, 1.165) is 0 Å². The molecular weight excluding hydrogens is 254 g/mol. The van der Waals surface area contributed by atoms with Crippen molar-refractivity contribution < 1.29 is 19.4 Å². The van der Waals surface area contributed by atoms with Crippen molar-refractivity contribution in [3.8, 4) is 0 Å². The third kappa shape index (κ3) is 2.97. The van der Waals surface area contributed by atoms with Crippen LogP contribution >= 0.6 is 0 Å². The number of nitrogens with zero attached hydrogens (tertiary/aromatic N) is 2. The molecule has 0 unspecified atom stereocenters. The molecule has 19 heavy (non-hydrogen) atoms. The number of amides is 1. The molecule has 0 atom stereocenters. The van der Waals surface area contributed by atoms with Crippen molar-refractivity contribution in [2.24, 2.45) is 0 Å². The quantitative estimate of drug-likeness (QED) is 0.730. The Kier molecular flexibility index (Phi) is 3.34. The van der Waals surface area contributed by atoms with Gasteiger partial charge in [-0.15, -0.1) is 0 Å². The average Bonchev–Trinajstić information content (AvgIpc) is 2.33. The lowest BCUT2D eigenvalue weighted by Gasteiger charge is -2.46. The Labute approximate surface area is 108 Å². The number of carboxylic acid groups (broad SMARTS) is 1. The highest BCUT2D eigenvalue weighted by molar-refractivity contribution is 5.92. The molecule has 0 bridgehead atoms. The normalized spacial score (nSPS) is 16.8. The average molecular weight is 267 g/mol. The van der Waals surface area contributed by atoms with Crippen molar-refractivity contribution in [3.63, 3.8) is 0 Å². The minimum Gasteiger partial charge on any atom is -0.480 e. The van der Waals surface area contributed by atoms with E-state index < -0.39 is 18.2 Å². The van der Waals surface area contributed by atoms with Crippen LogP contribution in [0.1, 0.15) is 17.4 Å². The van der Waals surface area contributed by atoms with Crippen LogP contribution in [0.3, 0.4) is 0 Å². The van der Waals surface area contributed by atoms with Gasteiger partial charge in [0.15, 0.2) is 0 Å². The molecule has 1 amide bonds. The number of aromatic nitrogens is 2. The van der Waals surface area contributed by atoms with Crippen molar-refractivity contribution >= 4 is 11.9 Å². The Morgan fingerprint density at radius 2 is 2.21 bits per heavy atom. The molecule has 2 rings (SSSR count). The maximum Gasteiger partial charge on any atom is 0.329 e. The Balaban J connectivity index is 1.92. The molecule has 2 N–H and O–H groups in total. The molecule has 0 aliphatic carbocycles. The van der Waals surface area contributed by atoms with E-state index in [4.69, 9.17) is 9.84 Å². The molecule has 8 nitrogen and oxygen atoms in total. The second-order valence-electron chi connectivity index (χ2n) is 4.60. The van der Waals surface area contributed by atoms with Crippen molar-refractivity contribution in [3.05, 3.63) is 28.2 Å². The molecular formula is C11H13N3O5. The predicted octanol–water partition coefficient (Wildman–Crippen LogP) is -0.914. The second-order valence-corrected chi connectivity index (χ2v) is 4.60. The Hall–Kier alpha value is -2.22. The van der Waals surface area contributed by atoms with Gasteiger partial charge in [-0.1, -0.05) is 0 Å². The fraction of sp³-hybridized carbons (Fsp3) is 0.455. The minimum atomic E-state index is -1.05. The van der Waals surface area contributed by atoms with Crippen LogP contribution in [0.5, 0.6) is 0 Å². The molecule has 0 saturated carbocycles. The number of ether oxygens (including phenoxy) is 1. The van der Waals surface area contributed by atoms with Crippen molar-refractivity contribution in [2.75, 3.05) is 19.7 Å². The molecule has 2 heterocycles. The second kappa shape index (κ2) is 4.81. The summed E-state index contributed by atoms with van der Waals surface area (Å²) >= 11 is 0. The SMILES string of the molecule is CC1(OCC(=O)O)CN(C(=O)c2ccc(=O)[nH]n2)C1. The number of likely N-dealkylation sites (tertiary alicyclic amines) is 1. The van der Waals surface area contributed by atoms with E-state index in [1.165, 1.54) is 17.0 Å². The number of H-pyrrole nitrogens is 1. The first kappa shape index (κ1) is 13.2. The van der Waals surface area contributed by atoms with Gasteiger partial charge in [0.25, 0.3) is 11.5 Å². The van der Waals surface area contributed by atoms with Crippen LogP contribution in [0.2, 0.25) is 0 Å². The van der Waals surface area contributed by atoms with E-state index in [0.29, 0.717) is 13.1 Å². The Morgan fingerprint density at radius 1 is 1.53 bits per heavy atom. The summed E-state index contributed by atoms with van der Waals surface area (Å²) < 4.78 is 5.19. The summed E-state index contributed by atoms with van der Waals surface area (Å²) in [6.07, 6.45) is 0. The van der Waals surface area contributed by atoms with Gasteiger partial charge in [0, 0.05) is 6.07 Å². The monoisotopic (exact) mass is 267 g/mol. The third-order valence-corrected chi connectivity index (χ3v) is 2.78. The molecule has 8 heteroatoms. The summed E-state index contributed by atoms with van der Waals surface area (Å²) in [5.74, 6) is -1.37. The highest BCUT2D eigenvalue weighted by Crippen LogP contribution is 2.25. The number of aliphatic carboxylic acids is 1. The van der Waals surface area contributed by atoms with Crippen LogP contribution < -0.4 is 5.56 Å². The standard InChI is InChI=1S/C11H13N3O5/c1-11(19-4-9(16)17)5-14(6-11)10(18)7-2-3-8(15)13-12-7/h2-3H,4-6H2,1H3,(H,13,15)(H,16,17).